The summed E-state index contributed by atoms with van der Waals surface area (Å²) in [5.41, 5.74) is 1.41. The zero-order chi connectivity index (χ0) is 16.4. The smallest absolute Gasteiger partial charge is 0.261 e. The molecule has 0 N–H and O–H groups in total. The third kappa shape index (κ3) is 2.87. The van der Waals surface area contributed by atoms with Crippen LogP contribution in [-0.2, 0) is 0 Å². The van der Waals surface area contributed by atoms with Crippen molar-refractivity contribution in [3.63, 3.8) is 0 Å². The Morgan fingerprint density at radius 2 is 1.92 bits per heavy atom. The molecule has 1 aromatic carbocycles. The molecule has 4 rings (SSSR count). The Morgan fingerprint density at radius 1 is 1.04 bits per heavy atom. The van der Waals surface area contributed by atoms with E-state index < -0.39 is 0 Å². The first-order valence-corrected chi connectivity index (χ1v) is 8.11. The molecule has 0 amide bonds. The fourth-order valence-electron chi connectivity index (χ4n) is 3.00. The van der Waals surface area contributed by atoms with E-state index in [2.05, 4.69) is 20.0 Å². The minimum Gasteiger partial charge on any atom is -0.356 e. The molecule has 0 spiro atoms. The van der Waals surface area contributed by atoms with Crippen molar-refractivity contribution in [2.75, 3.05) is 18.0 Å². The first-order chi connectivity index (χ1) is 11.8. The van der Waals surface area contributed by atoms with Gasteiger partial charge < -0.3 is 9.42 Å². The van der Waals surface area contributed by atoms with Crippen molar-refractivity contribution in [2.24, 2.45) is 0 Å². The summed E-state index contributed by atoms with van der Waals surface area (Å²) >= 11 is 0. The van der Waals surface area contributed by atoms with Crippen molar-refractivity contribution >= 4 is 5.82 Å². The van der Waals surface area contributed by atoms with E-state index in [9.17, 15) is 4.39 Å². The highest BCUT2D eigenvalue weighted by Crippen LogP contribution is 2.30. The van der Waals surface area contributed by atoms with Crippen LogP contribution in [0, 0.1) is 5.82 Å². The second-order valence-electron chi connectivity index (χ2n) is 5.86. The Labute approximate surface area is 139 Å². The van der Waals surface area contributed by atoms with Crippen LogP contribution >= 0.6 is 0 Å². The van der Waals surface area contributed by atoms with Gasteiger partial charge in [-0.05, 0) is 43.5 Å². The molecule has 0 bridgehead atoms. The van der Waals surface area contributed by atoms with Crippen LogP contribution in [0.3, 0.4) is 0 Å². The third-order valence-electron chi connectivity index (χ3n) is 4.18. The summed E-state index contributed by atoms with van der Waals surface area (Å²) in [6, 6.07) is 9.95. The molecule has 0 radical (unpaired) electrons. The number of pyridine rings is 1. The van der Waals surface area contributed by atoms with Crippen molar-refractivity contribution < 1.29 is 8.91 Å². The van der Waals surface area contributed by atoms with Gasteiger partial charge in [0, 0.05) is 24.8 Å². The van der Waals surface area contributed by atoms with Crippen LogP contribution in [0.5, 0.6) is 0 Å². The second-order valence-corrected chi connectivity index (χ2v) is 5.86. The van der Waals surface area contributed by atoms with Crippen molar-refractivity contribution in [3.8, 4) is 22.8 Å². The van der Waals surface area contributed by atoms with Gasteiger partial charge in [-0.3, -0.25) is 0 Å². The molecule has 0 saturated carbocycles. The van der Waals surface area contributed by atoms with Gasteiger partial charge in [0.15, 0.2) is 0 Å². The van der Waals surface area contributed by atoms with Gasteiger partial charge in [0.2, 0.25) is 5.82 Å². The predicted molar refractivity (Wildman–Crippen MR) is 89.0 cm³/mol. The molecule has 0 unspecified atom stereocenters. The van der Waals surface area contributed by atoms with Crippen molar-refractivity contribution in [2.45, 2.75) is 19.3 Å². The quantitative estimate of drug-likeness (QED) is 0.730. The molecule has 1 saturated heterocycles. The molecule has 2 aromatic heterocycles. The number of hydrogen-bond acceptors (Lipinski definition) is 5. The lowest BCUT2D eigenvalue weighted by molar-refractivity contribution is 0.432. The molecule has 1 fully saturated rings. The maximum atomic E-state index is 13.4. The predicted octanol–water partition coefficient (Wildman–Crippen LogP) is 3.93. The molecule has 1 aliphatic rings. The summed E-state index contributed by atoms with van der Waals surface area (Å²) < 4.78 is 18.8. The van der Waals surface area contributed by atoms with Crippen molar-refractivity contribution in [1.82, 2.24) is 15.1 Å². The van der Waals surface area contributed by atoms with E-state index >= 15 is 0 Å². The van der Waals surface area contributed by atoms with Crippen LogP contribution in [0.4, 0.5) is 10.2 Å². The Bertz CT molecular complexity index is 842. The van der Waals surface area contributed by atoms with E-state index in [4.69, 9.17) is 4.52 Å². The van der Waals surface area contributed by atoms with E-state index in [1.807, 2.05) is 12.1 Å². The number of aromatic nitrogens is 3. The largest absolute Gasteiger partial charge is 0.356 e. The first-order valence-electron chi connectivity index (χ1n) is 8.11. The summed E-state index contributed by atoms with van der Waals surface area (Å²) in [6.07, 6.45) is 5.35. The van der Waals surface area contributed by atoms with Gasteiger partial charge >= 0.3 is 0 Å². The highest BCUT2D eigenvalue weighted by Gasteiger charge is 2.20. The number of halogens is 1. The Balaban J connectivity index is 1.70. The van der Waals surface area contributed by atoms with E-state index in [1.165, 1.54) is 18.6 Å². The minimum absolute atomic E-state index is 0.325. The van der Waals surface area contributed by atoms with E-state index in [-0.39, 0.29) is 5.82 Å². The normalized spacial score (nSPS) is 14.8. The van der Waals surface area contributed by atoms with Crippen molar-refractivity contribution in [1.29, 1.82) is 0 Å². The van der Waals surface area contributed by atoms with Crippen LogP contribution < -0.4 is 4.90 Å². The topological polar surface area (TPSA) is 55.1 Å². The molecule has 5 nitrogen and oxygen atoms in total. The molecule has 3 heterocycles. The molecule has 3 aromatic rings. The lowest BCUT2D eigenvalue weighted by Gasteiger charge is -2.28. The number of nitrogens with zero attached hydrogens (tertiary/aromatic N) is 4. The highest BCUT2D eigenvalue weighted by molar-refractivity contribution is 5.71. The molecule has 24 heavy (non-hydrogen) atoms. The number of anilines is 1. The standard InChI is InChI=1S/C18H17FN4O/c19-14-7-4-6-13(12-14)16-21-18(24-22-16)15-8-5-9-20-17(15)23-10-2-1-3-11-23/h4-9,12H,1-3,10-11H2. The van der Waals surface area contributed by atoms with Gasteiger partial charge in [-0.1, -0.05) is 17.3 Å². The number of benzene rings is 1. The number of hydrogen-bond donors (Lipinski definition) is 0. The Kier molecular flexibility index (Phi) is 3.94. The Morgan fingerprint density at radius 3 is 2.75 bits per heavy atom. The van der Waals surface area contributed by atoms with E-state index in [0.717, 1.165) is 37.3 Å². The molecular formula is C18H17FN4O. The lowest BCUT2D eigenvalue weighted by Crippen LogP contribution is -2.30. The molecule has 0 aliphatic carbocycles. The van der Waals surface area contributed by atoms with Crippen LogP contribution in [0.15, 0.2) is 47.1 Å². The molecular weight excluding hydrogens is 307 g/mol. The summed E-state index contributed by atoms with van der Waals surface area (Å²) in [7, 11) is 0. The Hall–Kier alpha value is -2.76. The molecule has 6 heteroatoms. The van der Waals surface area contributed by atoms with Gasteiger partial charge in [-0.25, -0.2) is 9.37 Å². The zero-order valence-corrected chi connectivity index (χ0v) is 13.2. The number of piperidine rings is 1. The fraction of sp³-hybridized carbons (Fsp3) is 0.278. The second kappa shape index (κ2) is 6.39. The molecule has 0 atom stereocenters. The van der Waals surface area contributed by atoms with Gasteiger partial charge in [-0.2, -0.15) is 4.98 Å². The monoisotopic (exact) mass is 324 g/mol. The SMILES string of the molecule is Fc1cccc(-c2noc(-c3cccnc3N3CCCCC3)n2)c1. The summed E-state index contributed by atoms with van der Waals surface area (Å²) in [4.78, 5) is 11.2. The fourth-order valence-corrected chi connectivity index (χ4v) is 3.00. The maximum absolute atomic E-state index is 13.4. The van der Waals surface area contributed by atoms with Gasteiger partial charge in [-0.15, -0.1) is 0 Å². The lowest BCUT2D eigenvalue weighted by atomic mass is 10.1. The van der Waals surface area contributed by atoms with E-state index in [0.29, 0.717) is 17.3 Å². The third-order valence-corrected chi connectivity index (χ3v) is 4.18. The summed E-state index contributed by atoms with van der Waals surface area (Å²) in [6.45, 7) is 1.96. The minimum atomic E-state index is -0.325. The molecule has 1 aliphatic heterocycles. The zero-order valence-electron chi connectivity index (χ0n) is 13.2. The summed E-state index contributed by atoms with van der Waals surface area (Å²) in [5.74, 6) is 1.32. The average molecular weight is 324 g/mol. The molecule has 122 valence electrons. The first kappa shape index (κ1) is 14.8. The van der Waals surface area contributed by atoms with Gasteiger partial charge in [0.25, 0.3) is 5.89 Å². The average Bonchev–Trinajstić information content (AvgIpc) is 3.12. The van der Waals surface area contributed by atoms with Gasteiger partial charge in [0.1, 0.15) is 11.6 Å². The van der Waals surface area contributed by atoms with Crippen LogP contribution in [0.25, 0.3) is 22.8 Å². The maximum Gasteiger partial charge on any atom is 0.261 e. The van der Waals surface area contributed by atoms with Gasteiger partial charge in [0.05, 0.1) is 5.56 Å². The number of rotatable bonds is 3. The van der Waals surface area contributed by atoms with Crippen LogP contribution in [-0.4, -0.2) is 28.2 Å². The summed E-state index contributed by atoms with van der Waals surface area (Å²) in [5, 5.41) is 3.99. The van der Waals surface area contributed by atoms with Crippen LogP contribution in [0.1, 0.15) is 19.3 Å². The van der Waals surface area contributed by atoms with Crippen LogP contribution in [0.2, 0.25) is 0 Å². The highest BCUT2D eigenvalue weighted by atomic mass is 19.1. The van der Waals surface area contributed by atoms with E-state index in [1.54, 1.807) is 18.3 Å². The van der Waals surface area contributed by atoms with Crippen molar-refractivity contribution in [3.05, 3.63) is 48.4 Å².